The van der Waals surface area contributed by atoms with E-state index in [2.05, 4.69) is 10.6 Å². The Morgan fingerprint density at radius 2 is 1.95 bits per heavy atom. The molecule has 0 spiro atoms. The second kappa shape index (κ2) is 7.50. The van der Waals surface area contributed by atoms with Crippen molar-refractivity contribution in [1.82, 2.24) is 10.6 Å². The third kappa shape index (κ3) is 5.80. The number of hydrogen-bond donors (Lipinski definition) is 3. The van der Waals surface area contributed by atoms with Gasteiger partial charge in [-0.3, -0.25) is 0 Å². The first kappa shape index (κ1) is 16.8. The quantitative estimate of drug-likeness (QED) is 0.782. The van der Waals surface area contributed by atoms with Crippen molar-refractivity contribution in [3.8, 4) is 0 Å². The lowest BCUT2D eigenvalue weighted by atomic mass is 9.89. The summed E-state index contributed by atoms with van der Waals surface area (Å²) in [6, 6.07) is 7.28. The Morgan fingerprint density at radius 1 is 1.30 bits per heavy atom. The molecule has 1 atom stereocenters. The van der Waals surface area contributed by atoms with Crippen LogP contribution in [0.5, 0.6) is 0 Å². The molecule has 1 unspecified atom stereocenters. The van der Waals surface area contributed by atoms with Crippen molar-refractivity contribution in [2.24, 2.45) is 5.41 Å². The van der Waals surface area contributed by atoms with Crippen LogP contribution in [0.25, 0.3) is 0 Å². The predicted octanol–water partition coefficient (Wildman–Crippen LogP) is 2.59. The van der Waals surface area contributed by atoms with Crippen LogP contribution in [0.2, 0.25) is 5.02 Å². The molecule has 0 radical (unpaired) electrons. The van der Waals surface area contributed by atoms with Crippen molar-refractivity contribution in [1.29, 1.82) is 0 Å². The largest absolute Gasteiger partial charge is 0.391 e. The molecule has 0 heterocycles. The highest BCUT2D eigenvalue weighted by atomic mass is 35.5. The maximum atomic E-state index is 11.6. The lowest BCUT2D eigenvalue weighted by Gasteiger charge is -2.25. The molecule has 1 rings (SSSR count). The lowest BCUT2D eigenvalue weighted by Crippen LogP contribution is -2.44. The van der Waals surface area contributed by atoms with Crippen LogP contribution in [0.15, 0.2) is 24.3 Å². The van der Waals surface area contributed by atoms with E-state index in [4.69, 9.17) is 11.6 Å². The minimum Gasteiger partial charge on any atom is -0.391 e. The van der Waals surface area contributed by atoms with Crippen LogP contribution < -0.4 is 10.6 Å². The monoisotopic (exact) mass is 298 g/mol. The zero-order valence-corrected chi connectivity index (χ0v) is 13.0. The molecule has 0 aliphatic heterocycles. The topological polar surface area (TPSA) is 61.4 Å². The summed E-state index contributed by atoms with van der Waals surface area (Å²) in [6.07, 6.45) is 0.103. The zero-order valence-electron chi connectivity index (χ0n) is 12.2. The van der Waals surface area contributed by atoms with Crippen LogP contribution >= 0.6 is 11.6 Å². The predicted molar refractivity (Wildman–Crippen MR) is 82.0 cm³/mol. The highest BCUT2D eigenvalue weighted by molar-refractivity contribution is 6.31. The van der Waals surface area contributed by atoms with E-state index in [1.54, 1.807) is 0 Å². The van der Waals surface area contributed by atoms with Crippen molar-refractivity contribution in [3.63, 3.8) is 0 Å². The van der Waals surface area contributed by atoms with E-state index in [9.17, 15) is 9.90 Å². The van der Waals surface area contributed by atoms with Gasteiger partial charge in [-0.25, -0.2) is 4.79 Å². The number of urea groups is 1. The van der Waals surface area contributed by atoms with Crippen molar-refractivity contribution < 1.29 is 9.90 Å². The third-order valence-electron chi connectivity index (χ3n) is 3.09. The van der Waals surface area contributed by atoms with E-state index in [1.807, 2.05) is 45.0 Å². The summed E-state index contributed by atoms with van der Waals surface area (Å²) in [5.74, 6) is 0. The Balaban J connectivity index is 2.26. The Labute approximate surface area is 125 Å². The van der Waals surface area contributed by atoms with Gasteiger partial charge < -0.3 is 15.7 Å². The fraction of sp³-hybridized carbons (Fsp3) is 0.533. The van der Waals surface area contributed by atoms with Crippen LogP contribution in [0, 0.1) is 5.41 Å². The second-order valence-electron chi connectivity index (χ2n) is 5.86. The fourth-order valence-corrected chi connectivity index (χ4v) is 1.80. The lowest BCUT2D eigenvalue weighted by molar-refractivity contribution is 0.0650. The number of carbonyl (C=O) groups excluding carboxylic acids is 1. The Bertz CT molecular complexity index is 444. The summed E-state index contributed by atoms with van der Waals surface area (Å²) >= 11 is 6.03. The van der Waals surface area contributed by atoms with Crippen LogP contribution in [0.3, 0.4) is 0 Å². The molecular weight excluding hydrogens is 276 g/mol. The first-order valence-corrected chi connectivity index (χ1v) is 7.11. The highest BCUT2D eigenvalue weighted by Crippen LogP contribution is 2.18. The number of carbonyl (C=O) groups is 1. The van der Waals surface area contributed by atoms with Crippen molar-refractivity contribution in [3.05, 3.63) is 34.9 Å². The summed E-state index contributed by atoms with van der Waals surface area (Å²) in [6.45, 7) is 6.51. The summed E-state index contributed by atoms with van der Waals surface area (Å²) in [7, 11) is 0. The maximum Gasteiger partial charge on any atom is 0.314 e. The van der Waals surface area contributed by atoms with E-state index in [1.165, 1.54) is 0 Å². The minimum absolute atomic E-state index is 0.238. The Kier molecular flexibility index (Phi) is 6.30. The van der Waals surface area contributed by atoms with Gasteiger partial charge in [-0.05, 0) is 23.5 Å². The molecule has 0 aliphatic rings. The van der Waals surface area contributed by atoms with Crippen LogP contribution in [-0.4, -0.2) is 30.3 Å². The molecular formula is C15H23ClN2O2. The fourth-order valence-electron chi connectivity index (χ4n) is 1.57. The number of hydrogen-bond acceptors (Lipinski definition) is 2. The van der Waals surface area contributed by atoms with Gasteiger partial charge in [-0.2, -0.15) is 0 Å². The number of aliphatic hydroxyl groups excluding tert-OH is 1. The first-order valence-electron chi connectivity index (χ1n) is 6.74. The molecule has 4 nitrogen and oxygen atoms in total. The number of amides is 2. The molecule has 1 aromatic carbocycles. The molecule has 0 saturated heterocycles. The summed E-state index contributed by atoms with van der Waals surface area (Å²) in [5, 5.41) is 15.9. The molecule has 0 fully saturated rings. The molecule has 0 saturated carbocycles. The molecule has 2 amide bonds. The average Bonchev–Trinajstić information content (AvgIpc) is 2.37. The van der Waals surface area contributed by atoms with Crippen LogP contribution in [-0.2, 0) is 6.42 Å². The summed E-state index contributed by atoms with van der Waals surface area (Å²) in [5.41, 5.74) is 0.759. The summed E-state index contributed by atoms with van der Waals surface area (Å²) in [4.78, 5) is 11.6. The smallest absolute Gasteiger partial charge is 0.314 e. The Morgan fingerprint density at radius 3 is 2.55 bits per heavy atom. The molecule has 5 heteroatoms. The van der Waals surface area contributed by atoms with Crippen LogP contribution in [0.4, 0.5) is 4.79 Å². The molecule has 112 valence electrons. The average molecular weight is 299 g/mol. The highest BCUT2D eigenvalue weighted by Gasteiger charge is 2.22. The van der Waals surface area contributed by atoms with Gasteiger partial charge in [0.1, 0.15) is 0 Å². The van der Waals surface area contributed by atoms with Gasteiger partial charge >= 0.3 is 6.03 Å². The van der Waals surface area contributed by atoms with Gasteiger partial charge in [0.2, 0.25) is 0 Å². The van der Waals surface area contributed by atoms with E-state index in [0.29, 0.717) is 18.0 Å². The maximum absolute atomic E-state index is 11.6. The molecule has 0 bridgehead atoms. The van der Waals surface area contributed by atoms with Gasteiger partial charge in [-0.15, -0.1) is 0 Å². The number of nitrogens with one attached hydrogen (secondary N) is 2. The van der Waals surface area contributed by atoms with E-state index in [-0.39, 0.29) is 18.0 Å². The third-order valence-corrected chi connectivity index (χ3v) is 3.46. The van der Waals surface area contributed by atoms with Crippen molar-refractivity contribution in [2.45, 2.75) is 33.3 Å². The van der Waals surface area contributed by atoms with Crippen molar-refractivity contribution >= 4 is 17.6 Å². The van der Waals surface area contributed by atoms with Gasteiger partial charge in [0.15, 0.2) is 0 Å². The summed E-state index contributed by atoms with van der Waals surface area (Å²) < 4.78 is 0. The van der Waals surface area contributed by atoms with E-state index in [0.717, 1.165) is 5.56 Å². The number of rotatable bonds is 5. The van der Waals surface area contributed by atoms with Gasteiger partial charge in [0, 0.05) is 18.1 Å². The molecule has 20 heavy (non-hydrogen) atoms. The minimum atomic E-state index is -0.572. The molecule has 0 aliphatic carbocycles. The first-order chi connectivity index (χ1) is 9.30. The van der Waals surface area contributed by atoms with E-state index < -0.39 is 6.10 Å². The normalized spacial score (nSPS) is 12.8. The van der Waals surface area contributed by atoms with Gasteiger partial charge in [-0.1, -0.05) is 50.6 Å². The Hall–Kier alpha value is -1.26. The van der Waals surface area contributed by atoms with Gasteiger partial charge in [0.05, 0.1) is 6.10 Å². The number of aliphatic hydroxyl groups is 1. The molecule has 1 aromatic rings. The molecule has 3 N–H and O–H groups in total. The number of halogens is 1. The van der Waals surface area contributed by atoms with Crippen molar-refractivity contribution in [2.75, 3.05) is 13.1 Å². The van der Waals surface area contributed by atoms with Gasteiger partial charge in [0.25, 0.3) is 0 Å². The number of benzene rings is 1. The van der Waals surface area contributed by atoms with E-state index >= 15 is 0 Å². The van der Waals surface area contributed by atoms with Crippen LogP contribution in [0.1, 0.15) is 26.3 Å². The zero-order chi connectivity index (χ0) is 15.2. The SMILES string of the molecule is CC(C)(C)C(O)CNC(=O)NCCc1ccccc1Cl. The standard InChI is InChI=1S/C15H23ClN2O2/c1-15(2,3)13(19)10-18-14(20)17-9-8-11-6-4-5-7-12(11)16/h4-7,13,19H,8-10H2,1-3H3,(H2,17,18,20). The molecule has 0 aromatic heterocycles. The second-order valence-corrected chi connectivity index (χ2v) is 6.27.